The SMILES string of the molecule is O=C(NCc1ccccc1)c1cccc(C2CNC3NCC(C4CCCCC4OC4CCCCC4)CC32)c1. The number of hydrogen-bond acceptors (Lipinski definition) is 4. The molecule has 2 aromatic carbocycles. The van der Waals surface area contributed by atoms with E-state index in [0.29, 0.717) is 48.6 Å². The van der Waals surface area contributed by atoms with Crippen molar-refractivity contribution in [2.45, 2.75) is 95.0 Å². The van der Waals surface area contributed by atoms with Gasteiger partial charge < -0.3 is 20.7 Å². The number of nitrogens with one attached hydrogen (secondary N) is 3. The second-order valence-corrected chi connectivity index (χ2v) is 12.2. The highest BCUT2D eigenvalue weighted by molar-refractivity contribution is 5.94. The van der Waals surface area contributed by atoms with Crippen LogP contribution in [-0.4, -0.2) is 37.4 Å². The molecule has 2 aromatic rings. The zero-order valence-corrected chi connectivity index (χ0v) is 22.7. The summed E-state index contributed by atoms with van der Waals surface area (Å²) in [4.78, 5) is 13.0. The first kappa shape index (κ1) is 26.0. The third-order valence-corrected chi connectivity index (χ3v) is 9.83. The molecule has 204 valence electrons. The van der Waals surface area contributed by atoms with E-state index in [2.05, 4.69) is 34.1 Å². The molecule has 1 amide bonds. The van der Waals surface area contributed by atoms with Crippen molar-refractivity contribution in [3.05, 3.63) is 71.3 Å². The molecule has 0 aromatic heterocycles. The molecule has 0 radical (unpaired) electrons. The van der Waals surface area contributed by atoms with Gasteiger partial charge in [-0.2, -0.15) is 0 Å². The van der Waals surface area contributed by atoms with E-state index in [1.54, 1.807) is 0 Å². The molecule has 2 heterocycles. The number of carbonyl (C=O) groups excluding carboxylic acids is 1. The van der Waals surface area contributed by atoms with Gasteiger partial charge in [0.1, 0.15) is 0 Å². The second kappa shape index (κ2) is 12.3. The fourth-order valence-electron chi connectivity index (χ4n) is 7.79. The van der Waals surface area contributed by atoms with Crippen molar-refractivity contribution >= 4 is 5.91 Å². The summed E-state index contributed by atoms with van der Waals surface area (Å²) >= 11 is 0. The van der Waals surface area contributed by atoms with Gasteiger partial charge in [0.2, 0.25) is 0 Å². The highest BCUT2D eigenvalue weighted by Gasteiger charge is 2.44. The van der Waals surface area contributed by atoms with E-state index in [1.165, 1.54) is 69.8 Å². The number of ether oxygens (including phenoxy) is 1. The van der Waals surface area contributed by atoms with Crippen LogP contribution in [0.2, 0.25) is 0 Å². The van der Waals surface area contributed by atoms with E-state index >= 15 is 0 Å². The van der Waals surface area contributed by atoms with Gasteiger partial charge >= 0.3 is 0 Å². The Labute approximate surface area is 228 Å². The zero-order valence-electron chi connectivity index (χ0n) is 22.7. The number of rotatable bonds is 7. The molecule has 2 saturated carbocycles. The maximum absolute atomic E-state index is 13.0. The molecule has 3 N–H and O–H groups in total. The molecule has 6 unspecified atom stereocenters. The van der Waals surface area contributed by atoms with Crippen LogP contribution in [0.4, 0.5) is 0 Å². The van der Waals surface area contributed by atoms with Crippen molar-refractivity contribution in [2.75, 3.05) is 13.1 Å². The van der Waals surface area contributed by atoms with E-state index < -0.39 is 0 Å². The number of fused-ring (bicyclic) bond motifs is 1. The third kappa shape index (κ3) is 6.00. The average Bonchev–Trinajstić information content (AvgIpc) is 3.41. The second-order valence-electron chi connectivity index (χ2n) is 12.2. The van der Waals surface area contributed by atoms with Gasteiger partial charge in [0.15, 0.2) is 0 Å². The van der Waals surface area contributed by atoms with Gasteiger partial charge in [0, 0.05) is 24.6 Å². The Morgan fingerprint density at radius 2 is 1.63 bits per heavy atom. The monoisotopic (exact) mass is 515 g/mol. The lowest BCUT2D eigenvalue weighted by Gasteiger charge is -2.44. The van der Waals surface area contributed by atoms with Gasteiger partial charge in [0.05, 0.1) is 18.4 Å². The first-order chi connectivity index (χ1) is 18.7. The minimum Gasteiger partial charge on any atom is -0.375 e. The topological polar surface area (TPSA) is 62.4 Å². The lowest BCUT2D eigenvalue weighted by atomic mass is 9.70. The molecule has 2 saturated heterocycles. The molecule has 4 fully saturated rings. The molecule has 0 bridgehead atoms. The molecule has 2 aliphatic carbocycles. The van der Waals surface area contributed by atoms with Crippen molar-refractivity contribution < 1.29 is 9.53 Å². The molecule has 0 spiro atoms. The Hall–Kier alpha value is -2.21. The van der Waals surface area contributed by atoms with Crippen LogP contribution in [0.1, 0.15) is 91.6 Å². The van der Waals surface area contributed by atoms with Crippen molar-refractivity contribution in [1.82, 2.24) is 16.0 Å². The Kier molecular flexibility index (Phi) is 8.44. The summed E-state index contributed by atoms with van der Waals surface area (Å²) in [6, 6.07) is 18.5. The van der Waals surface area contributed by atoms with Crippen LogP contribution in [0.25, 0.3) is 0 Å². The molecule has 6 rings (SSSR count). The molecule has 6 atom stereocenters. The normalized spacial score (nSPS) is 32.0. The van der Waals surface area contributed by atoms with Crippen LogP contribution in [0.3, 0.4) is 0 Å². The van der Waals surface area contributed by atoms with Gasteiger partial charge in [-0.1, -0.05) is 74.6 Å². The van der Waals surface area contributed by atoms with Crippen molar-refractivity contribution in [2.24, 2.45) is 17.8 Å². The Morgan fingerprint density at radius 1 is 0.842 bits per heavy atom. The summed E-state index contributed by atoms with van der Waals surface area (Å²) in [5.74, 6) is 2.33. The zero-order chi connectivity index (χ0) is 25.7. The van der Waals surface area contributed by atoms with Crippen molar-refractivity contribution in [3.8, 4) is 0 Å². The summed E-state index contributed by atoms with van der Waals surface area (Å²) in [5, 5.41) is 10.7. The summed E-state index contributed by atoms with van der Waals surface area (Å²) < 4.78 is 6.83. The molecule has 5 nitrogen and oxygen atoms in total. The average molecular weight is 516 g/mol. The number of piperidine rings is 1. The predicted molar refractivity (Wildman–Crippen MR) is 152 cm³/mol. The van der Waals surface area contributed by atoms with Crippen LogP contribution in [0, 0.1) is 17.8 Å². The van der Waals surface area contributed by atoms with E-state index in [4.69, 9.17) is 4.74 Å². The van der Waals surface area contributed by atoms with Gasteiger partial charge in [0.25, 0.3) is 5.91 Å². The van der Waals surface area contributed by atoms with Crippen LogP contribution in [-0.2, 0) is 11.3 Å². The van der Waals surface area contributed by atoms with Crippen LogP contribution in [0.5, 0.6) is 0 Å². The smallest absolute Gasteiger partial charge is 0.251 e. The summed E-state index contributed by atoms with van der Waals surface area (Å²) in [5.41, 5.74) is 3.17. The maximum Gasteiger partial charge on any atom is 0.251 e. The summed E-state index contributed by atoms with van der Waals surface area (Å²) in [6.45, 7) is 2.62. The number of benzene rings is 2. The van der Waals surface area contributed by atoms with Crippen LogP contribution in [0.15, 0.2) is 54.6 Å². The summed E-state index contributed by atoms with van der Waals surface area (Å²) in [7, 11) is 0. The lowest BCUT2D eigenvalue weighted by Crippen LogP contribution is -2.52. The first-order valence-electron chi connectivity index (χ1n) is 15.3. The lowest BCUT2D eigenvalue weighted by molar-refractivity contribution is -0.0901. The van der Waals surface area contributed by atoms with Crippen molar-refractivity contribution in [3.63, 3.8) is 0 Å². The third-order valence-electron chi connectivity index (χ3n) is 9.83. The van der Waals surface area contributed by atoms with Crippen molar-refractivity contribution in [1.29, 1.82) is 0 Å². The van der Waals surface area contributed by atoms with E-state index in [-0.39, 0.29) is 5.91 Å². The van der Waals surface area contributed by atoms with Crippen LogP contribution >= 0.6 is 0 Å². The van der Waals surface area contributed by atoms with E-state index in [9.17, 15) is 4.79 Å². The molecular weight excluding hydrogens is 470 g/mol. The molecular formula is C33H45N3O2. The quantitative estimate of drug-likeness (QED) is 0.439. The number of carbonyl (C=O) groups is 1. The maximum atomic E-state index is 13.0. The summed E-state index contributed by atoms with van der Waals surface area (Å²) in [6.07, 6.45) is 14.4. The largest absolute Gasteiger partial charge is 0.375 e. The Morgan fingerprint density at radius 3 is 2.50 bits per heavy atom. The Balaban J connectivity index is 1.11. The fourth-order valence-corrected chi connectivity index (χ4v) is 7.79. The highest BCUT2D eigenvalue weighted by atomic mass is 16.5. The number of amides is 1. The fraction of sp³-hybridized carbons (Fsp3) is 0.606. The number of hydrogen-bond donors (Lipinski definition) is 3. The minimum absolute atomic E-state index is 0.00256. The standard InChI is InChI=1S/C33H45N3O2/c37-33(36-20-23-10-3-1-4-11-23)25-13-9-12-24(18-25)30-22-35-32-29(30)19-26(21-34-32)28-16-7-8-17-31(28)38-27-14-5-2-6-15-27/h1,3-4,9-13,18,26-32,34-35H,2,5-8,14-17,19-22H2,(H,36,37). The first-order valence-corrected chi connectivity index (χ1v) is 15.3. The molecule has 38 heavy (non-hydrogen) atoms. The van der Waals surface area contributed by atoms with E-state index in [0.717, 1.165) is 24.2 Å². The van der Waals surface area contributed by atoms with Gasteiger partial charge in [-0.3, -0.25) is 4.79 Å². The Bertz CT molecular complexity index is 1050. The van der Waals surface area contributed by atoms with Gasteiger partial charge in [-0.05, 0) is 79.7 Å². The van der Waals surface area contributed by atoms with E-state index in [1.807, 2.05) is 36.4 Å². The molecule has 2 aliphatic heterocycles. The predicted octanol–water partition coefficient (Wildman–Crippen LogP) is 5.76. The van der Waals surface area contributed by atoms with Gasteiger partial charge in [-0.25, -0.2) is 0 Å². The minimum atomic E-state index is 0.00256. The molecule has 4 aliphatic rings. The van der Waals surface area contributed by atoms with Gasteiger partial charge in [-0.15, -0.1) is 0 Å². The highest BCUT2D eigenvalue weighted by Crippen LogP contribution is 2.44. The van der Waals surface area contributed by atoms with Crippen LogP contribution < -0.4 is 16.0 Å². The molecule has 5 heteroatoms.